The van der Waals surface area contributed by atoms with Crippen molar-refractivity contribution in [1.82, 2.24) is 0 Å². The van der Waals surface area contributed by atoms with Gasteiger partial charge in [-0.05, 0) is 42.7 Å². The maximum absolute atomic E-state index is 12.8. The van der Waals surface area contributed by atoms with Gasteiger partial charge in [0.1, 0.15) is 5.75 Å². The molecule has 0 aromatic heterocycles. The van der Waals surface area contributed by atoms with Crippen molar-refractivity contribution >= 4 is 11.6 Å². The summed E-state index contributed by atoms with van der Waals surface area (Å²) in [5.74, 6) is 0.352. The van der Waals surface area contributed by atoms with E-state index in [0.717, 1.165) is 23.4 Å². The van der Waals surface area contributed by atoms with Crippen LogP contribution in [0.3, 0.4) is 0 Å². The lowest BCUT2D eigenvalue weighted by Crippen LogP contribution is -2.43. The number of hydrogen-bond acceptors (Lipinski definition) is 3. The number of anilines is 1. The number of nitrogens with zero attached hydrogens (tertiary/aromatic N) is 1. The van der Waals surface area contributed by atoms with E-state index in [4.69, 9.17) is 4.74 Å². The molecule has 4 nitrogen and oxygen atoms in total. The molecule has 1 aliphatic heterocycles. The fourth-order valence-corrected chi connectivity index (χ4v) is 3.10. The van der Waals surface area contributed by atoms with Crippen LogP contribution in [-0.2, 0) is 4.79 Å². The predicted octanol–water partition coefficient (Wildman–Crippen LogP) is 3.17. The van der Waals surface area contributed by atoms with Gasteiger partial charge >= 0.3 is 0 Å². The number of aliphatic hydroxyl groups excluding tert-OH is 1. The van der Waals surface area contributed by atoms with Gasteiger partial charge < -0.3 is 14.7 Å². The van der Waals surface area contributed by atoms with Crippen LogP contribution in [0.2, 0.25) is 0 Å². The molecule has 0 saturated carbocycles. The minimum absolute atomic E-state index is 0.0160. The zero-order valence-electron chi connectivity index (χ0n) is 13.2. The zero-order chi connectivity index (χ0) is 16.2. The number of piperidine rings is 1. The average Bonchev–Trinajstić information content (AvgIpc) is 2.62. The van der Waals surface area contributed by atoms with Crippen molar-refractivity contribution in [3.63, 3.8) is 0 Å². The Morgan fingerprint density at radius 2 is 1.83 bits per heavy atom. The molecular formula is C19H21NO3. The molecule has 1 saturated heterocycles. The van der Waals surface area contributed by atoms with Crippen LogP contribution in [0.5, 0.6) is 5.75 Å². The minimum Gasteiger partial charge on any atom is -0.497 e. The van der Waals surface area contributed by atoms with Crippen molar-refractivity contribution in [1.29, 1.82) is 0 Å². The molecule has 2 aromatic carbocycles. The van der Waals surface area contributed by atoms with Crippen molar-refractivity contribution < 1.29 is 14.6 Å². The van der Waals surface area contributed by atoms with Crippen LogP contribution in [0.25, 0.3) is 0 Å². The highest BCUT2D eigenvalue weighted by molar-refractivity contribution is 5.96. The van der Waals surface area contributed by atoms with Gasteiger partial charge in [-0.3, -0.25) is 4.79 Å². The van der Waals surface area contributed by atoms with Crippen molar-refractivity contribution in [2.45, 2.75) is 18.9 Å². The summed E-state index contributed by atoms with van der Waals surface area (Å²) in [6, 6.07) is 16.9. The topological polar surface area (TPSA) is 49.8 Å². The van der Waals surface area contributed by atoms with Gasteiger partial charge in [-0.15, -0.1) is 0 Å². The largest absolute Gasteiger partial charge is 0.497 e. The Bertz CT molecular complexity index is 654. The first-order valence-electron chi connectivity index (χ1n) is 7.89. The summed E-state index contributed by atoms with van der Waals surface area (Å²) in [5.41, 5.74) is 1.64. The lowest BCUT2D eigenvalue weighted by molar-refractivity contribution is -0.127. The van der Waals surface area contributed by atoms with E-state index in [-0.39, 0.29) is 5.91 Å². The predicted molar refractivity (Wildman–Crippen MR) is 89.5 cm³/mol. The number of methoxy groups -OCH3 is 1. The third kappa shape index (κ3) is 3.22. The molecule has 0 spiro atoms. The van der Waals surface area contributed by atoms with Crippen LogP contribution < -0.4 is 9.64 Å². The average molecular weight is 311 g/mol. The summed E-state index contributed by atoms with van der Waals surface area (Å²) in [7, 11) is 1.62. The first kappa shape index (κ1) is 15.6. The summed E-state index contributed by atoms with van der Waals surface area (Å²) in [4.78, 5) is 14.6. The van der Waals surface area contributed by atoms with Crippen LogP contribution in [-0.4, -0.2) is 24.7 Å². The molecule has 0 radical (unpaired) electrons. The van der Waals surface area contributed by atoms with E-state index in [2.05, 4.69) is 0 Å². The van der Waals surface area contributed by atoms with Gasteiger partial charge in [0.15, 0.2) is 0 Å². The van der Waals surface area contributed by atoms with Gasteiger partial charge in [0.25, 0.3) is 0 Å². The van der Waals surface area contributed by atoms with E-state index in [1.807, 2.05) is 54.6 Å². The van der Waals surface area contributed by atoms with Crippen LogP contribution in [0.4, 0.5) is 5.69 Å². The second kappa shape index (κ2) is 6.84. The van der Waals surface area contributed by atoms with E-state index < -0.39 is 12.0 Å². The summed E-state index contributed by atoms with van der Waals surface area (Å²) in [6.07, 6.45) is 0.832. The maximum Gasteiger partial charge on any atom is 0.233 e. The second-order valence-electron chi connectivity index (χ2n) is 5.79. The first-order valence-corrected chi connectivity index (χ1v) is 7.89. The Kier molecular flexibility index (Phi) is 4.63. The lowest BCUT2D eigenvalue weighted by Gasteiger charge is -2.34. The Balaban J connectivity index is 1.80. The molecule has 0 aliphatic carbocycles. The number of aliphatic hydroxyl groups is 1. The molecule has 3 rings (SSSR count). The van der Waals surface area contributed by atoms with Gasteiger partial charge in [-0.2, -0.15) is 0 Å². The first-order chi connectivity index (χ1) is 11.2. The molecule has 0 bridgehead atoms. The molecule has 2 aromatic rings. The zero-order valence-corrected chi connectivity index (χ0v) is 13.2. The highest BCUT2D eigenvalue weighted by Gasteiger charge is 2.35. The Hall–Kier alpha value is -2.33. The molecule has 23 heavy (non-hydrogen) atoms. The number of ether oxygens (including phenoxy) is 1. The van der Waals surface area contributed by atoms with Crippen molar-refractivity contribution in [2.75, 3.05) is 18.6 Å². The Morgan fingerprint density at radius 1 is 1.13 bits per heavy atom. The highest BCUT2D eigenvalue weighted by Crippen LogP contribution is 2.33. The number of carbonyl (C=O) groups is 1. The Labute approximate surface area is 136 Å². The van der Waals surface area contributed by atoms with Crippen molar-refractivity contribution in [3.05, 3.63) is 60.2 Å². The summed E-state index contributed by atoms with van der Waals surface area (Å²) in [6.45, 7) is 0.684. The molecular weight excluding hydrogens is 290 g/mol. The lowest BCUT2D eigenvalue weighted by atomic mass is 9.87. The molecule has 120 valence electrons. The summed E-state index contributed by atoms with van der Waals surface area (Å²) >= 11 is 0. The molecule has 1 amide bonds. The normalized spacial score (nSPS) is 19.5. The van der Waals surface area contributed by atoms with E-state index in [0.29, 0.717) is 13.0 Å². The molecule has 0 unspecified atom stereocenters. The highest BCUT2D eigenvalue weighted by atomic mass is 16.5. The molecule has 1 N–H and O–H groups in total. The van der Waals surface area contributed by atoms with Crippen molar-refractivity contribution in [3.8, 4) is 5.75 Å². The molecule has 2 atom stereocenters. The van der Waals surface area contributed by atoms with Gasteiger partial charge in [-0.25, -0.2) is 0 Å². The van der Waals surface area contributed by atoms with Crippen LogP contribution in [0.15, 0.2) is 54.6 Å². The molecule has 4 heteroatoms. The number of carbonyl (C=O) groups excluding carboxylic acids is 1. The molecule has 1 heterocycles. The summed E-state index contributed by atoms with van der Waals surface area (Å²) in [5, 5.41) is 10.6. The van der Waals surface area contributed by atoms with E-state index in [1.54, 1.807) is 12.0 Å². The third-order valence-corrected chi connectivity index (χ3v) is 4.39. The van der Waals surface area contributed by atoms with Crippen LogP contribution >= 0.6 is 0 Å². The van der Waals surface area contributed by atoms with Gasteiger partial charge in [0.05, 0.1) is 19.1 Å². The van der Waals surface area contributed by atoms with E-state index in [1.165, 1.54) is 0 Å². The third-order valence-electron chi connectivity index (χ3n) is 4.39. The Morgan fingerprint density at radius 3 is 2.48 bits per heavy atom. The fourth-order valence-electron chi connectivity index (χ4n) is 3.10. The monoisotopic (exact) mass is 311 g/mol. The maximum atomic E-state index is 12.8. The summed E-state index contributed by atoms with van der Waals surface area (Å²) < 4.78 is 5.16. The molecule has 1 aliphatic rings. The standard InChI is InChI=1S/C19H21NO3/c1-23-16-11-9-15(10-12-16)20-13-5-8-17(19(20)22)18(21)14-6-3-2-4-7-14/h2-4,6-7,9-12,17-18,21H,5,8,13H2,1H3/t17-,18+/m0/s1. The van der Waals surface area contributed by atoms with E-state index in [9.17, 15) is 9.90 Å². The van der Waals surface area contributed by atoms with E-state index >= 15 is 0 Å². The van der Waals surface area contributed by atoms with Gasteiger partial charge in [0.2, 0.25) is 5.91 Å². The van der Waals surface area contributed by atoms with Crippen LogP contribution in [0, 0.1) is 5.92 Å². The number of hydrogen-bond donors (Lipinski definition) is 1. The van der Waals surface area contributed by atoms with Crippen molar-refractivity contribution in [2.24, 2.45) is 5.92 Å². The number of rotatable bonds is 4. The number of amides is 1. The SMILES string of the molecule is COc1ccc(N2CCC[C@@H]([C@H](O)c3ccccc3)C2=O)cc1. The smallest absolute Gasteiger partial charge is 0.233 e. The second-order valence-corrected chi connectivity index (χ2v) is 5.79. The molecule has 1 fully saturated rings. The number of benzene rings is 2. The fraction of sp³-hybridized carbons (Fsp3) is 0.316. The minimum atomic E-state index is -0.759. The van der Waals surface area contributed by atoms with Gasteiger partial charge in [0, 0.05) is 12.2 Å². The van der Waals surface area contributed by atoms with Crippen LogP contribution in [0.1, 0.15) is 24.5 Å². The quantitative estimate of drug-likeness (QED) is 0.943. The van der Waals surface area contributed by atoms with Gasteiger partial charge in [-0.1, -0.05) is 30.3 Å².